The molecule has 1 aromatic carbocycles. The molecule has 1 aromatic rings. The zero-order chi connectivity index (χ0) is 14.0. The first-order chi connectivity index (χ1) is 9.61. The molecule has 4 rings (SSSR count). The van der Waals surface area contributed by atoms with Crippen LogP contribution in [0.3, 0.4) is 0 Å². The standard InChI is InChI=1S/C15H20N3OP/c1-9-6-16(9)12-4-5-13(20-19)15(18-8-11(18)3)14(12)17-7-10(17)2/h4-5,9-11H,6-8H2,1-3H3. The van der Waals surface area contributed by atoms with Crippen molar-refractivity contribution in [1.29, 1.82) is 0 Å². The lowest BCUT2D eigenvalue weighted by Gasteiger charge is -2.20. The zero-order valence-electron chi connectivity index (χ0n) is 12.2. The van der Waals surface area contributed by atoms with Crippen molar-refractivity contribution in [3.8, 4) is 0 Å². The van der Waals surface area contributed by atoms with Gasteiger partial charge in [-0.1, -0.05) is 0 Å². The maximum atomic E-state index is 11.5. The Balaban J connectivity index is 1.86. The molecule has 5 heteroatoms. The third-order valence-corrected chi connectivity index (χ3v) is 5.23. The van der Waals surface area contributed by atoms with E-state index < -0.39 is 0 Å². The van der Waals surface area contributed by atoms with Crippen molar-refractivity contribution in [1.82, 2.24) is 0 Å². The summed E-state index contributed by atoms with van der Waals surface area (Å²) in [5.74, 6) is 0. The molecule has 0 bridgehead atoms. The quantitative estimate of drug-likeness (QED) is 0.627. The molecule has 3 atom stereocenters. The van der Waals surface area contributed by atoms with Crippen LogP contribution in [0.2, 0.25) is 0 Å². The summed E-state index contributed by atoms with van der Waals surface area (Å²) >= 11 is 0. The van der Waals surface area contributed by atoms with Gasteiger partial charge in [-0.05, 0) is 32.9 Å². The van der Waals surface area contributed by atoms with E-state index in [4.69, 9.17) is 0 Å². The van der Waals surface area contributed by atoms with Gasteiger partial charge in [0.2, 0.25) is 0 Å². The van der Waals surface area contributed by atoms with E-state index in [1.54, 1.807) is 0 Å². The van der Waals surface area contributed by atoms with Crippen LogP contribution in [0.25, 0.3) is 0 Å². The van der Waals surface area contributed by atoms with Gasteiger partial charge in [-0.3, -0.25) is 4.57 Å². The highest BCUT2D eigenvalue weighted by molar-refractivity contribution is 7.34. The van der Waals surface area contributed by atoms with E-state index in [9.17, 15) is 4.57 Å². The monoisotopic (exact) mass is 289 g/mol. The van der Waals surface area contributed by atoms with Crippen LogP contribution in [-0.4, -0.2) is 37.8 Å². The minimum Gasteiger partial charge on any atom is -0.363 e. The second-order valence-corrected chi connectivity index (χ2v) is 7.06. The maximum absolute atomic E-state index is 11.5. The van der Waals surface area contributed by atoms with Gasteiger partial charge >= 0.3 is 0 Å². The summed E-state index contributed by atoms with van der Waals surface area (Å²) in [7, 11) is 0.129. The Labute approximate surface area is 121 Å². The molecule has 0 radical (unpaired) electrons. The molecule has 0 N–H and O–H groups in total. The molecule has 0 spiro atoms. The summed E-state index contributed by atoms with van der Waals surface area (Å²) in [6.07, 6.45) is 0. The highest BCUT2D eigenvalue weighted by Crippen LogP contribution is 2.49. The Morgan fingerprint density at radius 2 is 1.40 bits per heavy atom. The van der Waals surface area contributed by atoms with Crippen LogP contribution in [0.15, 0.2) is 12.1 Å². The number of benzene rings is 1. The molecule has 0 aliphatic carbocycles. The summed E-state index contributed by atoms with van der Waals surface area (Å²) in [6.45, 7) is 10.1. The topological polar surface area (TPSA) is 26.1 Å². The lowest BCUT2D eigenvalue weighted by atomic mass is 10.2. The third kappa shape index (κ3) is 1.81. The van der Waals surface area contributed by atoms with E-state index in [0.717, 1.165) is 24.9 Å². The minimum absolute atomic E-state index is 0.129. The van der Waals surface area contributed by atoms with Gasteiger partial charge in [0.25, 0.3) is 0 Å². The van der Waals surface area contributed by atoms with Crippen molar-refractivity contribution in [2.75, 3.05) is 34.3 Å². The van der Waals surface area contributed by atoms with Crippen LogP contribution < -0.4 is 20.0 Å². The first kappa shape index (κ1) is 12.5. The van der Waals surface area contributed by atoms with Crippen molar-refractivity contribution in [2.24, 2.45) is 0 Å². The summed E-state index contributed by atoms with van der Waals surface area (Å²) in [5.41, 5.74) is 3.84. The van der Waals surface area contributed by atoms with Crippen LogP contribution in [0.4, 0.5) is 17.1 Å². The average molecular weight is 289 g/mol. The lowest BCUT2D eigenvalue weighted by Crippen LogP contribution is -2.14. The molecule has 3 saturated heterocycles. The van der Waals surface area contributed by atoms with Crippen LogP contribution in [0, 0.1) is 0 Å². The van der Waals surface area contributed by atoms with E-state index in [1.165, 1.54) is 17.1 Å². The number of nitrogens with zero attached hydrogens (tertiary/aromatic N) is 3. The van der Waals surface area contributed by atoms with Crippen molar-refractivity contribution < 1.29 is 4.57 Å². The molecule has 4 nitrogen and oxygen atoms in total. The molecule has 3 aliphatic rings. The van der Waals surface area contributed by atoms with Gasteiger partial charge < -0.3 is 14.7 Å². The van der Waals surface area contributed by atoms with Gasteiger partial charge in [-0.25, -0.2) is 0 Å². The second kappa shape index (κ2) is 4.11. The Morgan fingerprint density at radius 1 is 0.900 bits per heavy atom. The van der Waals surface area contributed by atoms with Crippen molar-refractivity contribution >= 4 is 30.8 Å². The summed E-state index contributed by atoms with van der Waals surface area (Å²) in [4.78, 5) is 7.25. The molecule has 106 valence electrons. The molecule has 3 heterocycles. The first-order valence-electron chi connectivity index (χ1n) is 7.42. The largest absolute Gasteiger partial charge is 0.363 e. The lowest BCUT2D eigenvalue weighted by molar-refractivity contribution is 0.603. The smallest absolute Gasteiger partial charge is 0.194 e. The van der Waals surface area contributed by atoms with E-state index >= 15 is 0 Å². The Hall–Kier alpha value is -1.28. The Morgan fingerprint density at radius 3 is 1.85 bits per heavy atom. The van der Waals surface area contributed by atoms with Gasteiger partial charge in [0.05, 0.1) is 22.4 Å². The van der Waals surface area contributed by atoms with Gasteiger partial charge in [-0.2, -0.15) is 0 Å². The molecule has 0 saturated carbocycles. The second-order valence-electron chi connectivity index (χ2n) is 6.40. The molecule has 3 aliphatic heterocycles. The van der Waals surface area contributed by atoms with Gasteiger partial charge in [0, 0.05) is 37.8 Å². The molecular weight excluding hydrogens is 269 g/mol. The Bertz CT molecular complexity index is 591. The first-order valence-corrected chi connectivity index (χ1v) is 8.23. The van der Waals surface area contributed by atoms with Gasteiger partial charge in [0.1, 0.15) is 0 Å². The van der Waals surface area contributed by atoms with E-state index in [1.807, 2.05) is 6.07 Å². The van der Waals surface area contributed by atoms with Crippen LogP contribution in [0.5, 0.6) is 0 Å². The molecular formula is C15H20N3OP. The summed E-state index contributed by atoms with van der Waals surface area (Å²) < 4.78 is 11.5. The molecule has 0 aromatic heterocycles. The number of hydrogen-bond acceptors (Lipinski definition) is 4. The molecule has 0 amide bonds. The average Bonchev–Trinajstić information content (AvgIpc) is 3.33. The van der Waals surface area contributed by atoms with Crippen LogP contribution in [-0.2, 0) is 4.57 Å². The van der Waals surface area contributed by atoms with Crippen molar-refractivity contribution in [2.45, 2.75) is 38.9 Å². The number of rotatable bonds is 4. The highest BCUT2D eigenvalue weighted by atomic mass is 31.1. The predicted molar refractivity (Wildman–Crippen MR) is 84.1 cm³/mol. The fraction of sp³-hybridized carbons (Fsp3) is 0.600. The number of anilines is 3. The van der Waals surface area contributed by atoms with E-state index in [-0.39, 0.29) is 8.46 Å². The van der Waals surface area contributed by atoms with Gasteiger partial charge in [0.15, 0.2) is 8.46 Å². The molecule has 20 heavy (non-hydrogen) atoms. The predicted octanol–water partition coefficient (Wildman–Crippen LogP) is 2.23. The van der Waals surface area contributed by atoms with Crippen LogP contribution in [0.1, 0.15) is 20.8 Å². The summed E-state index contributed by atoms with van der Waals surface area (Å²) in [6, 6.07) is 6.01. The minimum atomic E-state index is 0.129. The van der Waals surface area contributed by atoms with E-state index in [0.29, 0.717) is 18.1 Å². The third-order valence-electron chi connectivity index (χ3n) is 4.67. The fourth-order valence-electron chi connectivity index (χ4n) is 3.10. The fourth-order valence-corrected chi connectivity index (χ4v) is 3.56. The van der Waals surface area contributed by atoms with Gasteiger partial charge in [-0.15, -0.1) is 0 Å². The summed E-state index contributed by atoms with van der Waals surface area (Å²) in [5, 5.41) is 0.932. The Kier molecular flexibility index (Phi) is 2.56. The van der Waals surface area contributed by atoms with E-state index in [2.05, 4.69) is 41.5 Å². The SMILES string of the molecule is CC1CN1c1ccc(P=O)c(N2CC2C)c1N1CC1C. The normalized spacial score (nSPS) is 30.9. The van der Waals surface area contributed by atoms with Crippen LogP contribution >= 0.6 is 8.46 Å². The molecule has 3 fully saturated rings. The maximum Gasteiger partial charge on any atom is 0.194 e. The zero-order valence-corrected chi connectivity index (χ0v) is 13.1. The highest BCUT2D eigenvalue weighted by Gasteiger charge is 2.43. The van der Waals surface area contributed by atoms with Crippen molar-refractivity contribution in [3.05, 3.63) is 12.1 Å². The molecule has 3 unspecified atom stereocenters. The van der Waals surface area contributed by atoms with Crippen molar-refractivity contribution in [3.63, 3.8) is 0 Å². The number of hydrogen-bond donors (Lipinski definition) is 0.